The van der Waals surface area contributed by atoms with E-state index >= 15 is 0 Å². The van der Waals surface area contributed by atoms with Gasteiger partial charge in [0.15, 0.2) is 24.5 Å². The first kappa shape index (κ1) is 25.2. The summed E-state index contributed by atoms with van der Waals surface area (Å²) in [7, 11) is 0. The standard InChI is InChI=1S/C31H30ClNO10/c1-16(34)39-15-26-28(40-17(2)35)29(41-18(3)36)30(42-19(4)37)31(43-26)33-14-22(27-23(32)6-5-7-24(27)33)13-20-8-9-25-21(12-20)10-11-38-25/h5-12,14,26,28-31H,13,15H2,1-4H3/t26-,28-,29+,30-,31?/m1/s1/i1D,2D,3D,4D. The first-order valence-corrected chi connectivity index (χ1v) is 13.4. The van der Waals surface area contributed by atoms with Gasteiger partial charge in [0.05, 0.1) is 16.8 Å². The number of halogens is 1. The van der Waals surface area contributed by atoms with Gasteiger partial charge in [-0.05, 0) is 47.9 Å². The summed E-state index contributed by atoms with van der Waals surface area (Å²) in [4.78, 5) is 49.5. The number of aromatic nitrogens is 1. The third-order valence-electron chi connectivity index (χ3n) is 6.89. The van der Waals surface area contributed by atoms with Gasteiger partial charge in [0.2, 0.25) is 0 Å². The molecule has 5 atom stereocenters. The highest BCUT2D eigenvalue weighted by Gasteiger charge is 2.53. The second kappa shape index (κ2) is 12.5. The summed E-state index contributed by atoms with van der Waals surface area (Å²) in [6.07, 6.45) is -3.76. The van der Waals surface area contributed by atoms with Crippen molar-refractivity contribution in [2.24, 2.45) is 0 Å². The van der Waals surface area contributed by atoms with Crippen LogP contribution in [0.15, 0.2) is 59.3 Å². The minimum Gasteiger partial charge on any atom is -0.464 e. The van der Waals surface area contributed by atoms with E-state index in [-0.39, 0.29) is 0 Å². The SMILES string of the molecule is [2H]CC(=O)OC[C@H]1OC(n2cc(Cc3ccc4occc4c3)c3c(Cl)cccc32)[C@H](OC(=O)C[2H])[C@@H](OC(=O)C[2H])[C@@H]1OC(=O)C[2H]. The summed E-state index contributed by atoms with van der Waals surface area (Å²) in [6, 6.07) is 12.7. The van der Waals surface area contributed by atoms with Gasteiger partial charge in [-0.2, -0.15) is 0 Å². The number of hydrogen-bond donors (Lipinski definition) is 0. The minimum atomic E-state index is -1.62. The quantitative estimate of drug-likeness (QED) is 0.199. The Balaban J connectivity index is 1.65. The number of fused-ring (bicyclic) bond motifs is 2. The fraction of sp³-hybridized carbons (Fsp3) is 0.355. The molecule has 0 aliphatic carbocycles. The zero-order valence-corrected chi connectivity index (χ0v) is 23.5. The second-order valence-corrected chi connectivity index (χ2v) is 10.2. The fourth-order valence-corrected chi connectivity index (χ4v) is 5.61. The Bertz CT molecular complexity index is 1780. The lowest BCUT2D eigenvalue weighted by Crippen LogP contribution is -2.60. The molecule has 0 radical (unpaired) electrons. The van der Waals surface area contributed by atoms with Gasteiger partial charge < -0.3 is 32.7 Å². The highest BCUT2D eigenvalue weighted by molar-refractivity contribution is 6.35. The van der Waals surface area contributed by atoms with Crippen LogP contribution >= 0.6 is 11.6 Å². The predicted molar refractivity (Wildman–Crippen MR) is 153 cm³/mol. The lowest BCUT2D eigenvalue weighted by Gasteiger charge is -2.44. The topological polar surface area (TPSA) is 133 Å². The summed E-state index contributed by atoms with van der Waals surface area (Å²) in [5.74, 6) is -4.06. The van der Waals surface area contributed by atoms with Crippen LogP contribution in [0.5, 0.6) is 0 Å². The number of nitrogens with zero attached hydrogens (tertiary/aromatic N) is 1. The lowest BCUT2D eigenvalue weighted by atomic mass is 9.97. The Morgan fingerprint density at radius 2 is 1.63 bits per heavy atom. The van der Waals surface area contributed by atoms with Crippen molar-refractivity contribution in [1.82, 2.24) is 4.57 Å². The molecule has 226 valence electrons. The molecule has 2 aromatic carbocycles. The summed E-state index contributed by atoms with van der Waals surface area (Å²) < 4.78 is 65.0. The number of ether oxygens (including phenoxy) is 5. The number of hydrogen-bond acceptors (Lipinski definition) is 10. The van der Waals surface area contributed by atoms with Gasteiger partial charge in [0.25, 0.3) is 0 Å². The van der Waals surface area contributed by atoms with Crippen molar-refractivity contribution in [3.05, 3.63) is 71.1 Å². The van der Waals surface area contributed by atoms with E-state index < -0.39 is 88.7 Å². The molecule has 1 saturated heterocycles. The van der Waals surface area contributed by atoms with Crippen LogP contribution in [0.1, 0.15) is 50.4 Å². The molecule has 3 heterocycles. The average molecular weight is 616 g/mol. The average Bonchev–Trinajstić information content (AvgIpc) is 3.70. The van der Waals surface area contributed by atoms with Crippen LogP contribution in [-0.4, -0.2) is 59.5 Å². The molecule has 12 heteroatoms. The van der Waals surface area contributed by atoms with Crippen molar-refractivity contribution in [3.63, 3.8) is 0 Å². The molecule has 1 fully saturated rings. The van der Waals surface area contributed by atoms with Crippen LogP contribution in [0.4, 0.5) is 0 Å². The summed E-state index contributed by atoms with van der Waals surface area (Å²) in [5.41, 5.74) is 2.89. The van der Waals surface area contributed by atoms with E-state index in [1.165, 1.54) is 0 Å². The van der Waals surface area contributed by atoms with Crippen molar-refractivity contribution >= 4 is 57.4 Å². The van der Waals surface area contributed by atoms with E-state index in [9.17, 15) is 19.2 Å². The monoisotopic (exact) mass is 615 g/mol. The maximum atomic E-state index is 12.6. The zero-order chi connectivity index (χ0) is 33.7. The lowest BCUT2D eigenvalue weighted by molar-refractivity contribution is -0.267. The largest absolute Gasteiger partial charge is 0.464 e. The summed E-state index contributed by atoms with van der Waals surface area (Å²) in [5, 5.41) is 1.93. The molecule has 1 unspecified atom stereocenters. The van der Waals surface area contributed by atoms with Gasteiger partial charge in [-0.15, -0.1) is 0 Å². The van der Waals surface area contributed by atoms with E-state index in [1.807, 2.05) is 24.3 Å². The number of carbonyl (C=O) groups excluding carboxylic acids is 4. The Hall–Kier alpha value is -4.35. The number of furan rings is 1. The maximum Gasteiger partial charge on any atom is 0.303 e. The molecule has 0 N–H and O–H groups in total. The highest BCUT2D eigenvalue weighted by Crippen LogP contribution is 2.39. The Morgan fingerprint density at radius 1 is 0.907 bits per heavy atom. The van der Waals surface area contributed by atoms with E-state index in [4.69, 9.17) is 45.2 Å². The van der Waals surface area contributed by atoms with E-state index in [0.29, 0.717) is 22.3 Å². The van der Waals surface area contributed by atoms with E-state index in [2.05, 4.69) is 0 Å². The molecule has 5 rings (SSSR count). The van der Waals surface area contributed by atoms with Crippen LogP contribution in [0.3, 0.4) is 0 Å². The van der Waals surface area contributed by atoms with Crippen LogP contribution in [0, 0.1) is 0 Å². The molecule has 1 aliphatic rings. The first-order chi connectivity index (χ1) is 22.7. The van der Waals surface area contributed by atoms with Crippen molar-refractivity contribution in [1.29, 1.82) is 0 Å². The zero-order valence-electron chi connectivity index (χ0n) is 26.7. The third kappa shape index (κ3) is 6.52. The van der Waals surface area contributed by atoms with Crippen molar-refractivity contribution < 1.29 is 52.8 Å². The van der Waals surface area contributed by atoms with Gasteiger partial charge in [0.1, 0.15) is 18.3 Å². The Kier molecular flexibility index (Phi) is 7.31. The predicted octanol–water partition coefficient (Wildman–Crippen LogP) is 4.89. The Labute approximate surface area is 257 Å². The molecular formula is C31H30ClNO10. The van der Waals surface area contributed by atoms with Crippen molar-refractivity contribution in [2.75, 3.05) is 6.61 Å². The number of rotatable bonds is 8. The summed E-state index contributed by atoms with van der Waals surface area (Å²) >= 11 is 6.72. The van der Waals surface area contributed by atoms with Gasteiger partial charge in [-0.3, -0.25) is 19.2 Å². The number of carbonyl (C=O) groups is 4. The Morgan fingerprint density at radius 3 is 2.37 bits per heavy atom. The second-order valence-electron chi connectivity index (χ2n) is 9.78. The molecule has 0 saturated carbocycles. The molecule has 0 spiro atoms. The first-order valence-electron chi connectivity index (χ1n) is 15.8. The highest BCUT2D eigenvalue weighted by atomic mass is 35.5. The molecule has 11 nitrogen and oxygen atoms in total. The van der Waals surface area contributed by atoms with Crippen LogP contribution in [0.25, 0.3) is 21.9 Å². The van der Waals surface area contributed by atoms with Gasteiger partial charge in [-0.1, -0.05) is 23.7 Å². The van der Waals surface area contributed by atoms with Crippen LogP contribution in [-0.2, 0) is 49.3 Å². The van der Waals surface area contributed by atoms with E-state index in [1.54, 1.807) is 35.2 Å². The molecular weight excluding hydrogens is 582 g/mol. The normalized spacial score (nSPS) is 23.0. The molecule has 0 amide bonds. The third-order valence-corrected chi connectivity index (χ3v) is 7.21. The number of esters is 4. The van der Waals surface area contributed by atoms with Crippen molar-refractivity contribution in [3.8, 4) is 0 Å². The number of benzene rings is 2. The molecule has 0 bridgehead atoms. The van der Waals surface area contributed by atoms with Gasteiger partial charge in [-0.25, -0.2) is 0 Å². The maximum absolute atomic E-state index is 12.6. The van der Waals surface area contributed by atoms with E-state index in [0.717, 1.165) is 22.1 Å². The van der Waals surface area contributed by atoms with Crippen LogP contribution < -0.4 is 0 Å². The molecule has 2 aromatic heterocycles. The van der Waals surface area contributed by atoms with Crippen molar-refractivity contribution in [2.45, 2.75) is 64.7 Å². The van der Waals surface area contributed by atoms with Gasteiger partial charge >= 0.3 is 23.9 Å². The molecule has 43 heavy (non-hydrogen) atoms. The smallest absolute Gasteiger partial charge is 0.303 e. The fourth-order valence-electron chi connectivity index (χ4n) is 5.32. The molecule has 4 aromatic rings. The molecule has 1 aliphatic heterocycles. The van der Waals surface area contributed by atoms with Gasteiger partial charge in [0, 0.05) is 50.1 Å². The summed E-state index contributed by atoms with van der Waals surface area (Å²) in [6.45, 7) is -3.78. The van der Waals surface area contributed by atoms with Crippen LogP contribution in [0.2, 0.25) is 5.02 Å². The minimum absolute atomic E-state index is 0.393.